The summed E-state index contributed by atoms with van der Waals surface area (Å²) in [5.41, 5.74) is 2.49. The summed E-state index contributed by atoms with van der Waals surface area (Å²) in [6.45, 7) is 7.57. The maximum atomic E-state index is 4.74. The van der Waals surface area contributed by atoms with Crippen LogP contribution in [0.3, 0.4) is 0 Å². The van der Waals surface area contributed by atoms with Gasteiger partial charge in [0.2, 0.25) is 0 Å². The molecular formula is C20H30N6. The van der Waals surface area contributed by atoms with Gasteiger partial charge in [0.25, 0.3) is 0 Å². The number of nitrogens with zero attached hydrogens (tertiary/aromatic N) is 4. The van der Waals surface area contributed by atoms with Gasteiger partial charge in [-0.1, -0.05) is 43.2 Å². The van der Waals surface area contributed by atoms with Crippen LogP contribution >= 0.6 is 0 Å². The van der Waals surface area contributed by atoms with Crippen molar-refractivity contribution in [1.82, 2.24) is 25.4 Å². The third-order valence-electron chi connectivity index (χ3n) is 4.71. The first-order valence-corrected chi connectivity index (χ1v) is 9.75. The Balaban J connectivity index is 1.62. The molecule has 140 valence electrons. The first-order chi connectivity index (χ1) is 12.8. The molecule has 2 N–H and O–H groups in total. The second kappa shape index (κ2) is 9.36. The first-order valence-electron chi connectivity index (χ1n) is 9.75. The zero-order chi connectivity index (χ0) is 18.2. The smallest absolute Gasteiger partial charge is 0.191 e. The highest BCUT2D eigenvalue weighted by atomic mass is 15.3. The fourth-order valence-electron chi connectivity index (χ4n) is 3.08. The maximum Gasteiger partial charge on any atom is 0.191 e. The molecule has 1 aliphatic heterocycles. The summed E-state index contributed by atoms with van der Waals surface area (Å²) in [4.78, 5) is 4.74. The van der Waals surface area contributed by atoms with E-state index in [0.29, 0.717) is 13.1 Å². The van der Waals surface area contributed by atoms with Gasteiger partial charge < -0.3 is 15.2 Å². The van der Waals surface area contributed by atoms with Crippen LogP contribution in [0.5, 0.6) is 0 Å². The molecule has 2 heterocycles. The lowest BCUT2D eigenvalue weighted by Gasteiger charge is -2.16. The number of aryl methyl sites for hydroxylation is 2. The summed E-state index contributed by atoms with van der Waals surface area (Å²) in [6, 6.07) is 8.53. The van der Waals surface area contributed by atoms with E-state index in [1.54, 1.807) is 0 Å². The highest BCUT2D eigenvalue weighted by molar-refractivity contribution is 5.79. The molecule has 1 aliphatic rings. The zero-order valence-electron chi connectivity index (χ0n) is 16.0. The highest BCUT2D eigenvalue weighted by Gasteiger charge is 2.15. The Labute approximate surface area is 156 Å². The normalized spacial score (nSPS) is 14.2. The number of guanidine groups is 1. The van der Waals surface area contributed by atoms with Gasteiger partial charge in [-0.15, -0.1) is 10.2 Å². The van der Waals surface area contributed by atoms with Gasteiger partial charge in [-0.2, -0.15) is 0 Å². The fraction of sp³-hybridized carbons (Fsp3) is 0.550. The lowest BCUT2D eigenvalue weighted by Crippen LogP contribution is -2.38. The summed E-state index contributed by atoms with van der Waals surface area (Å²) in [6.07, 6.45) is 5.76. The molecule has 1 aromatic heterocycles. The summed E-state index contributed by atoms with van der Waals surface area (Å²) >= 11 is 0. The first kappa shape index (κ1) is 18.4. The molecule has 3 rings (SSSR count). The Hall–Kier alpha value is -2.37. The molecule has 0 bridgehead atoms. The van der Waals surface area contributed by atoms with Gasteiger partial charge in [-0.05, 0) is 31.7 Å². The molecule has 0 radical (unpaired) electrons. The lowest BCUT2D eigenvalue weighted by molar-refractivity contribution is 0.504. The molecule has 0 atom stereocenters. The fourth-order valence-corrected chi connectivity index (χ4v) is 3.08. The average Bonchev–Trinajstić information content (AvgIpc) is 3.08. The van der Waals surface area contributed by atoms with Crippen LogP contribution in [0.25, 0.3) is 0 Å². The number of aliphatic imine (C=N–C) groups is 1. The van der Waals surface area contributed by atoms with Crippen molar-refractivity contribution in [1.29, 1.82) is 0 Å². The average molecular weight is 355 g/mol. The summed E-state index contributed by atoms with van der Waals surface area (Å²) in [5.74, 6) is 2.96. The van der Waals surface area contributed by atoms with Gasteiger partial charge in [0, 0.05) is 19.5 Å². The number of rotatable bonds is 7. The molecule has 6 nitrogen and oxygen atoms in total. The van der Waals surface area contributed by atoms with Gasteiger partial charge in [-0.25, -0.2) is 4.99 Å². The Morgan fingerprint density at radius 2 is 2.00 bits per heavy atom. The van der Waals surface area contributed by atoms with Crippen LogP contribution in [0.4, 0.5) is 0 Å². The van der Waals surface area contributed by atoms with E-state index < -0.39 is 0 Å². The van der Waals surface area contributed by atoms with Crippen molar-refractivity contribution in [2.75, 3.05) is 6.54 Å². The SMILES string of the molecule is CCCCNC(=NCc1ccc(C)cc1)NCc1nnc2n1CCCC2. The van der Waals surface area contributed by atoms with Crippen molar-refractivity contribution in [3.05, 3.63) is 47.0 Å². The monoisotopic (exact) mass is 354 g/mol. The third-order valence-corrected chi connectivity index (χ3v) is 4.71. The van der Waals surface area contributed by atoms with Crippen LogP contribution in [0, 0.1) is 6.92 Å². The van der Waals surface area contributed by atoms with Crippen LogP contribution in [0.2, 0.25) is 0 Å². The molecular weight excluding hydrogens is 324 g/mol. The molecule has 2 aromatic rings. The summed E-state index contributed by atoms with van der Waals surface area (Å²) < 4.78 is 2.25. The third kappa shape index (κ3) is 5.07. The largest absolute Gasteiger partial charge is 0.356 e. The Kier molecular flexibility index (Phi) is 6.63. The van der Waals surface area contributed by atoms with Crippen molar-refractivity contribution in [2.45, 2.75) is 65.6 Å². The van der Waals surface area contributed by atoms with E-state index in [2.05, 4.69) is 63.5 Å². The van der Waals surface area contributed by atoms with Gasteiger partial charge in [0.05, 0.1) is 13.1 Å². The molecule has 0 fully saturated rings. The van der Waals surface area contributed by atoms with Crippen LogP contribution in [0.15, 0.2) is 29.3 Å². The van der Waals surface area contributed by atoms with Crippen LogP contribution in [-0.2, 0) is 26.1 Å². The molecule has 26 heavy (non-hydrogen) atoms. The predicted molar refractivity (Wildman–Crippen MR) is 105 cm³/mol. The summed E-state index contributed by atoms with van der Waals surface area (Å²) in [5, 5.41) is 15.5. The van der Waals surface area contributed by atoms with E-state index in [-0.39, 0.29) is 0 Å². The molecule has 0 spiro atoms. The second-order valence-corrected chi connectivity index (χ2v) is 6.93. The maximum absolute atomic E-state index is 4.74. The minimum Gasteiger partial charge on any atom is -0.356 e. The van der Waals surface area contributed by atoms with E-state index in [4.69, 9.17) is 4.99 Å². The molecule has 0 amide bonds. The summed E-state index contributed by atoms with van der Waals surface area (Å²) in [7, 11) is 0. The van der Waals surface area contributed by atoms with E-state index in [9.17, 15) is 0 Å². The quantitative estimate of drug-likeness (QED) is 0.456. The molecule has 0 unspecified atom stereocenters. The molecule has 0 saturated heterocycles. The van der Waals surface area contributed by atoms with Crippen molar-refractivity contribution < 1.29 is 0 Å². The zero-order valence-corrected chi connectivity index (χ0v) is 16.0. The van der Waals surface area contributed by atoms with E-state index >= 15 is 0 Å². The van der Waals surface area contributed by atoms with Crippen molar-refractivity contribution in [2.24, 2.45) is 4.99 Å². The molecule has 1 aromatic carbocycles. The highest BCUT2D eigenvalue weighted by Crippen LogP contribution is 2.14. The number of hydrogen-bond donors (Lipinski definition) is 2. The number of unbranched alkanes of at least 4 members (excludes halogenated alkanes) is 1. The van der Waals surface area contributed by atoms with E-state index in [1.165, 1.54) is 24.0 Å². The number of benzene rings is 1. The lowest BCUT2D eigenvalue weighted by atomic mass is 10.1. The van der Waals surface area contributed by atoms with E-state index in [1.807, 2.05) is 0 Å². The Morgan fingerprint density at radius 1 is 1.15 bits per heavy atom. The minimum absolute atomic E-state index is 0.652. The standard InChI is InChI=1S/C20H30N6/c1-3-4-12-21-20(22-14-17-10-8-16(2)9-11-17)23-15-19-25-24-18-7-5-6-13-26(18)19/h8-11H,3-7,12-15H2,1-2H3,(H2,21,22,23). The number of aromatic nitrogens is 3. The van der Waals surface area contributed by atoms with Crippen molar-refractivity contribution >= 4 is 5.96 Å². The van der Waals surface area contributed by atoms with Gasteiger partial charge in [0.15, 0.2) is 11.8 Å². The second-order valence-electron chi connectivity index (χ2n) is 6.93. The Morgan fingerprint density at radius 3 is 2.81 bits per heavy atom. The topological polar surface area (TPSA) is 67.1 Å². The van der Waals surface area contributed by atoms with Gasteiger partial charge in [0.1, 0.15) is 5.82 Å². The number of hydrogen-bond acceptors (Lipinski definition) is 3. The minimum atomic E-state index is 0.652. The Bertz CT molecular complexity index is 716. The predicted octanol–water partition coefficient (Wildman–Crippen LogP) is 2.96. The van der Waals surface area contributed by atoms with Gasteiger partial charge >= 0.3 is 0 Å². The van der Waals surface area contributed by atoms with Crippen LogP contribution in [0.1, 0.15) is 55.4 Å². The van der Waals surface area contributed by atoms with Crippen LogP contribution < -0.4 is 10.6 Å². The van der Waals surface area contributed by atoms with E-state index in [0.717, 1.165) is 50.0 Å². The van der Waals surface area contributed by atoms with Crippen molar-refractivity contribution in [3.8, 4) is 0 Å². The molecule has 6 heteroatoms. The van der Waals surface area contributed by atoms with Gasteiger partial charge in [-0.3, -0.25) is 0 Å². The molecule has 0 saturated carbocycles. The molecule has 0 aliphatic carbocycles. The van der Waals surface area contributed by atoms with Crippen LogP contribution in [-0.4, -0.2) is 27.3 Å². The number of fused-ring (bicyclic) bond motifs is 1. The number of nitrogens with one attached hydrogen (secondary N) is 2. The van der Waals surface area contributed by atoms with Crippen molar-refractivity contribution in [3.63, 3.8) is 0 Å².